The largest absolute Gasteiger partial charge is 0.462 e. The van der Waals surface area contributed by atoms with E-state index in [-0.39, 0.29) is 31.1 Å². The second kappa shape index (κ2) is 54.7. The smallest absolute Gasteiger partial charge is 0.306 e. The maximum atomic E-state index is 12.7. The minimum absolute atomic E-state index is 0.0693. The number of unbranched alkanes of at least 4 members (excludes halogenated alkanes) is 30. The first-order valence-electron chi connectivity index (χ1n) is 28.3. The van der Waals surface area contributed by atoms with Crippen LogP contribution >= 0.6 is 0 Å². The minimum Gasteiger partial charge on any atom is -0.462 e. The fourth-order valence-corrected chi connectivity index (χ4v) is 8.06. The van der Waals surface area contributed by atoms with Gasteiger partial charge in [0.2, 0.25) is 0 Å². The van der Waals surface area contributed by atoms with Gasteiger partial charge in [-0.05, 0) is 64.2 Å². The van der Waals surface area contributed by atoms with Gasteiger partial charge in [0.25, 0.3) is 0 Å². The van der Waals surface area contributed by atoms with Crippen molar-refractivity contribution in [1.82, 2.24) is 0 Å². The predicted molar refractivity (Wildman–Crippen MR) is 284 cm³/mol. The molecule has 0 aliphatic rings. The Morgan fingerprint density at radius 1 is 0.318 bits per heavy atom. The van der Waals surface area contributed by atoms with Crippen molar-refractivity contribution in [3.63, 3.8) is 0 Å². The summed E-state index contributed by atoms with van der Waals surface area (Å²) in [7, 11) is 0. The second-order valence-corrected chi connectivity index (χ2v) is 18.8. The highest BCUT2D eigenvalue weighted by molar-refractivity contribution is 5.71. The SMILES string of the molecule is CC/C=C\C/C=C\C/C=C\C/C=C\C/C=C\CCCCCCCCCCCCCCCCCCCC(=O)OCC(COC(=O)CCCCCCCC)OC(=O)CCCCCCCCCCC. The first kappa shape index (κ1) is 63.1. The van der Waals surface area contributed by atoms with Crippen molar-refractivity contribution in [3.8, 4) is 0 Å². The molecule has 0 aromatic rings. The van der Waals surface area contributed by atoms with Crippen LogP contribution < -0.4 is 0 Å². The van der Waals surface area contributed by atoms with Crippen molar-refractivity contribution >= 4 is 17.9 Å². The molecule has 6 heteroatoms. The van der Waals surface area contributed by atoms with Gasteiger partial charge in [-0.2, -0.15) is 0 Å². The van der Waals surface area contributed by atoms with E-state index in [0.717, 1.165) is 89.9 Å². The van der Waals surface area contributed by atoms with Crippen LogP contribution in [0.1, 0.15) is 284 Å². The molecule has 66 heavy (non-hydrogen) atoms. The topological polar surface area (TPSA) is 78.9 Å². The van der Waals surface area contributed by atoms with E-state index in [9.17, 15) is 14.4 Å². The molecule has 0 aromatic heterocycles. The van der Waals surface area contributed by atoms with Crippen LogP contribution in [0.4, 0.5) is 0 Å². The Kier molecular flexibility index (Phi) is 52.3. The van der Waals surface area contributed by atoms with E-state index < -0.39 is 6.10 Å². The summed E-state index contributed by atoms with van der Waals surface area (Å²) in [6.07, 6.45) is 68.4. The molecule has 382 valence electrons. The monoisotopic (exact) mass is 923 g/mol. The highest BCUT2D eigenvalue weighted by atomic mass is 16.6. The maximum Gasteiger partial charge on any atom is 0.306 e. The summed E-state index contributed by atoms with van der Waals surface area (Å²) in [5.41, 5.74) is 0. The zero-order chi connectivity index (χ0) is 47.9. The average Bonchev–Trinajstić information content (AvgIpc) is 3.31. The first-order valence-corrected chi connectivity index (χ1v) is 28.3. The number of hydrogen-bond donors (Lipinski definition) is 0. The highest BCUT2D eigenvalue weighted by Crippen LogP contribution is 2.16. The van der Waals surface area contributed by atoms with Crippen LogP contribution in [-0.2, 0) is 28.6 Å². The van der Waals surface area contributed by atoms with Crippen LogP contribution in [0.25, 0.3) is 0 Å². The van der Waals surface area contributed by atoms with Crippen LogP contribution in [0.15, 0.2) is 60.8 Å². The highest BCUT2D eigenvalue weighted by Gasteiger charge is 2.19. The van der Waals surface area contributed by atoms with Crippen LogP contribution in [0, 0.1) is 0 Å². The number of carbonyl (C=O) groups is 3. The van der Waals surface area contributed by atoms with Crippen molar-refractivity contribution in [2.24, 2.45) is 0 Å². The lowest BCUT2D eigenvalue weighted by Crippen LogP contribution is -2.30. The number of carbonyl (C=O) groups excluding carboxylic acids is 3. The van der Waals surface area contributed by atoms with E-state index in [4.69, 9.17) is 14.2 Å². The van der Waals surface area contributed by atoms with E-state index in [1.54, 1.807) is 0 Å². The average molecular weight is 924 g/mol. The summed E-state index contributed by atoms with van der Waals surface area (Å²) in [5, 5.41) is 0. The molecule has 0 fully saturated rings. The Morgan fingerprint density at radius 3 is 0.924 bits per heavy atom. The van der Waals surface area contributed by atoms with Crippen LogP contribution in [0.2, 0.25) is 0 Å². The second-order valence-electron chi connectivity index (χ2n) is 18.8. The molecule has 0 aliphatic carbocycles. The predicted octanol–water partition coefficient (Wildman–Crippen LogP) is 18.8. The van der Waals surface area contributed by atoms with E-state index >= 15 is 0 Å². The van der Waals surface area contributed by atoms with Crippen LogP contribution in [0.5, 0.6) is 0 Å². The third-order valence-corrected chi connectivity index (χ3v) is 12.3. The van der Waals surface area contributed by atoms with E-state index in [1.807, 2.05) is 0 Å². The summed E-state index contributed by atoms with van der Waals surface area (Å²) in [6, 6.07) is 0. The summed E-state index contributed by atoms with van der Waals surface area (Å²) in [6.45, 7) is 6.46. The van der Waals surface area contributed by atoms with Gasteiger partial charge in [0.15, 0.2) is 6.10 Å². The van der Waals surface area contributed by atoms with Gasteiger partial charge in [-0.1, -0.05) is 261 Å². The molecule has 0 bridgehead atoms. The van der Waals surface area contributed by atoms with Gasteiger partial charge in [-0.15, -0.1) is 0 Å². The van der Waals surface area contributed by atoms with Crippen LogP contribution in [0.3, 0.4) is 0 Å². The quantitative estimate of drug-likeness (QED) is 0.0262. The van der Waals surface area contributed by atoms with E-state index in [0.29, 0.717) is 19.3 Å². The van der Waals surface area contributed by atoms with Gasteiger partial charge in [-0.3, -0.25) is 14.4 Å². The normalized spacial score (nSPS) is 12.5. The number of esters is 3. The first-order chi connectivity index (χ1) is 32.5. The number of rotatable bonds is 51. The molecule has 0 aliphatic heterocycles. The van der Waals surface area contributed by atoms with Gasteiger partial charge < -0.3 is 14.2 Å². The summed E-state index contributed by atoms with van der Waals surface area (Å²) < 4.78 is 16.7. The zero-order valence-corrected chi connectivity index (χ0v) is 43.7. The Hall–Kier alpha value is -2.89. The molecule has 0 aromatic carbocycles. The van der Waals surface area contributed by atoms with E-state index in [2.05, 4.69) is 81.5 Å². The maximum absolute atomic E-state index is 12.7. The Morgan fingerprint density at radius 2 is 0.591 bits per heavy atom. The van der Waals surface area contributed by atoms with Crippen molar-refractivity contribution < 1.29 is 28.6 Å². The molecule has 6 nitrogen and oxygen atoms in total. The van der Waals surface area contributed by atoms with Gasteiger partial charge in [0, 0.05) is 19.3 Å². The number of allylic oxidation sites excluding steroid dienone is 10. The number of ether oxygens (including phenoxy) is 3. The van der Waals surface area contributed by atoms with Crippen LogP contribution in [-0.4, -0.2) is 37.2 Å². The third kappa shape index (κ3) is 52.1. The number of hydrogen-bond acceptors (Lipinski definition) is 6. The molecule has 1 atom stereocenters. The van der Waals surface area contributed by atoms with Gasteiger partial charge in [0.05, 0.1) is 0 Å². The summed E-state index contributed by atoms with van der Waals surface area (Å²) >= 11 is 0. The zero-order valence-electron chi connectivity index (χ0n) is 43.7. The third-order valence-electron chi connectivity index (χ3n) is 12.3. The van der Waals surface area contributed by atoms with E-state index in [1.165, 1.54) is 154 Å². The molecule has 1 unspecified atom stereocenters. The lowest BCUT2D eigenvalue weighted by Gasteiger charge is -2.18. The van der Waals surface area contributed by atoms with Gasteiger partial charge in [-0.25, -0.2) is 0 Å². The molecule has 0 saturated heterocycles. The van der Waals surface area contributed by atoms with Crippen molar-refractivity contribution in [3.05, 3.63) is 60.8 Å². The Bertz CT molecular complexity index is 1200. The molecule has 0 N–H and O–H groups in total. The fraction of sp³-hybridized carbons (Fsp3) is 0.783. The fourth-order valence-electron chi connectivity index (χ4n) is 8.06. The molecule has 0 saturated carbocycles. The molecule has 0 amide bonds. The molecular weight excluding hydrogens is 817 g/mol. The van der Waals surface area contributed by atoms with Gasteiger partial charge in [0.1, 0.15) is 13.2 Å². The molecule has 0 rings (SSSR count). The van der Waals surface area contributed by atoms with Gasteiger partial charge >= 0.3 is 17.9 Å². The molecule has 0 spiro atoms. The lowest BCUT2D eigenvalue weighted by atomic mass is 10.0. The molecular formula is C60H106O6. The lowest BCUT2D eigenvalue weighted by molar-refractivity contribution is -0.167. The standard InChI is InChI=1S/C60H106O6/c1-4-7-10-13-16-18-19-20-21-22-23-24-25-26-27-28-29-30-31-32-33-34-35-36-37-38-39-40-41-43-44-47-50-53-59(62)65-56-57(55-64-58(61)52-49-46-15-12-9-6-3)66-60(63)54-51-48-45-42-17-14-11-8-5-2/h7,10,16,18,20-21,23-24,26-27,57H,4-6,8-9,11-15,17,19,22,25,28-56H2,1-3H3/b10-7-,18-16-,21-20-,24-23-,27-26-. The van der Waals surface area contributed by atoms with Crippen molar-refractivity contribution in [1.29, 1.82) is 0 Å². The molecule has 0 radical (unpaired) electrons. The summed E-state index contributed by atoms with van der Waals surface area (Å²) in [5.74, 6) is -0.873. The molecule has 0 heterocycles. The summed E-state index contributed by atoms with van der Waals surface area (Å²) in [4.78, 5) is 37.6. The van der Waals surface area contributed by atoms with Crippen molar-refractivity contribution in [2.75, 3.05) is 13.2 Å². The Balaban J connectivity index is 3.88. The minimum atomic E-state index is -0.763. The van der Waals surface area contributed by atoms with Crippen molar-refractivity contribution in [2.45, 2.75) is 290 Å². The Labute approximate surface area is 409 Å².